The second-order valence-electron chi connectivity index (χ2n) is 8.08. The van der Waals surface area contributed by atoms with E-state index in [-0.39, 0.29) is 17.7 Å². The summed E-state index contributed by atoms with van der Waals surface area (Å²) in [6, 6.07) is 14.4. The van der Waals surface area contributed by atoms with Crippen molar-refractivity contribution < 1.29 is 19.1 Å². The van der Waals surface area contributed by atoms with E-state index in [4.69, 9.17) is 4.74 Å². The molecule has 2 aliphatic rings. The molecule has 0 atom stereocenters. The van der Waals surface area contributed by atoms with E-state index in [1.165, 1.54) is 0 Å². The van der Waals surface area contributed by atoms with Crippen LogP contribution in [0.1, 0.15) is 28.8 Å². The van der Waals surface area contributed by atoms with Crippen molar-refractivity contribution >= 4 is 29.1 Å². The predicted molar refractivity (Wildman–Crippen MR) is 121 cm³/mol. The first-order chi connectivity index (χ1) is 15.6. The van der Waals surface area contributed by atoms with Gasteiger partial charge in [-0.2, -0.15) is 0 Å². The molecule has 0 radical (unpaired) electrons. The van der Waals surface area contributed by atoms with Gasteiger partial charge in [0.1, 0.15) is 0 Å². The number of hydrogen-bond acceptors (Lipinski definition) is 5. The van der Waals surface area contributed by atoms with Crippen LogP contribution in [0.15, 0.2) is 48.5 Å². The average Bonchev–Trinajstić information content (AvgIpc) is 3.20. The number of anilines is 2. The molecule has 2 aromatic carbocycles. The van der Waals surface area contributed by atoms with E-state index in [2.05, 4.69) is 15.5 Å². The molecule has 0 unspecified atom stereocenters. The molecule has 0 saturated carbocycles. The van der Waals surface area contributed by atoms with Gasteiger partial charge in [0.2, 0.25) is 11.8 Å². The summed E-state index contributed by atoms with van der Waals surface area (Å²) >= 11 is 0. The summed E-state index contributed by atoms with van der Waals surface area (Å²) < 4.78 is 5.29. The van der Waals surface area contributed by atoms with E-state index in [1.807, 2.05) is 17.0 Å². The predicted octanol–water partition coefficient (Wildman–Crippen LogP) is 2.33. The molecule has 8 heteroatoms. The standard InChI is InChI=1S/C24H28N4O4/c29-22(17-27-12-14-32-15-13-27)25-20-7-9-21(10-8-20)26-24(31)19-5-3-18(4-6-19)16-28-11-1-2-23(28)30/h3-10H,1-2,11-17H2,(H,25,29)(H,26,31). The van der Waals surface area contributed by atoms with Gasteiger partial charge >= 0.3 is 0 Å². The second kappa shape index (κ2) is 10.4. The summed E-state index contributed by atoms with van der Waals surface area (Å²) in [5, 5.41) is 5.74. The fraction of sp³-hybridized carbons (Fsp3) is 0.375. The van der Waals surface area contributed by atoms with Crippen LogP contribution in [0, 0.1) is 0 Å². The fourth-order valence-corrected chi connectivity index (χ4v) is 3.86. The number of rotatable bonds is 7. The molecule has 0 spiro atoms. The van der Waals surface area contributed by atoms with Crippen LogP contribution in [0.5, 0.6) is 0 Å². The van der Waals surface area contributed by atoms with Crippen molar-refractivity contribution in [3.63, 3.8) is 0 Å². The van der Waals surface area contributed by atoms with Crippen molar-refractivity contribution in [2.45, 2.75) is 19.4 Å². The molecule has 2 aliphatic heterocycles. The Hall–Kier alpha value is -3.23. The molecule has 4 rings (SSSR count). The lowest BCUT2D eigenvalue weighted by Gasteiger charge is -2.25. The summed E-state index contributed by atoms with van der Waals surface area (Å²) in [6.45, 7) is 4.55. The van der Waals surface area contributed by atoms with E-state index in [1.54, 1.807) is 36.4 Å². The van der Waals surface area contributed by atoms with Crippen molar-refractivity contribution in [3.8, 4) is 0 Å². The van der Waals surface area contributed by atoms with Crippen LogP contribution >= 0.6 is 0 Å². The monoisotopic (exact) mass is 436 g/mol. The van der Waals surface area contributed by atoms with Gasteiger partial charge in [0, 0.05) is 49.5 Å². The zero-order chi connectivity index (χ0) is 22.3. The Bertz CT molecular complexity index is 953. The van der Waals surface area contributed by atoms with Gasteiger partial charge in [-0.1, -0.05) is 12.1 Å². The highest BCUT2D eigenvalue weighted by Crippen LogP contribution is 2.17. The lowest BCUT2D eigenvalue weighted by atomic mass is 10.1. The van der Waals surface area contributed by atoms with E-state index in [9.17, 15) is 14.4 Å². The van der Waals surface area contributed by atoms with E-state index in [0.29, 0.717) is 49.7 Å². The van der Waals surface area contributed by atoms with Crippen LogP contribution in [-0.2, 0) is 20.9 Å². The highest BCUT2D eigenvalue weighted by Gasteiger charge is 2.20. The van der Waals surface area contributed by atoms with Crippen molar-refractivity contribution in [3.05, 3.63) is 59.7 Å². The van der Waals surface area contributed by atoms with Crippen LogP contribution in [0.4, 0.5) is 11.4 Å². The Morgan fingerprint density at radius 3 is 2.16 bits per heavy atom. The van der Waals surface area contributed by atoms with Crippen molar-refractivity contribution in [2.75, 3.05) is 50.0 Å². The van der Waals surface area contributed by atoms with Gasteiger partial charge in [0.05, 0.1) is 19.8 Å². The molecule has 0 bridgehead atoms. The highest BCUT2D eigenvalue weighted by molar-refractivity contribution is 6.04. The van der Waals surface area contributed by atoms with Gasteiger partial charge in [-0.25, -0.2) is 0 Å². The average molecular weight is 437 g/mol. The molecule has 2 saturated heterocycles. The van der Waals surface area contributed by atoms with Gasteiger partial charge in [0.25, 0.3) is 5.91 Å². The Morgan fingerprint density at radius 2 is 1.53 bits per heavy atom. The molecular formula is C24H28N4O4. The largest absolute Gasteiger partial charge is 0.379 e. The highest BCUT2D eigenvalue weighted by atomic mass is 16.5. The van der Waals surface area contributed by atoms with E-state index < -0.39 is 0 Å². The summed E-state index contributed by atoms with van der Waals surface area (Å²) in [7, 11) is 0. The lowest BCUT2D eigenvalue weighted by Crippen LogP contribution is -2.41. The number of nitrogens with zero attached hydrogens (tertiary/aromatic N) is 2. The van der Waals surface area contributed by atoms with Crippen molar-refractivity contribution in [2.24, 2.45) is 0 Å². The minimum atomic E-state index is -0.210. The Labute approximate surface area is 187 Å². The first kappa shape index (κ1) is 22.0. The summed E-state index contributed by atoms with van der Waals surface area (Å²) in [5.74, 6) is -0.0927. The molecular weight excluding hydrogens is 408 g/mol. The Balaban J connectivity index is 1.26. The number of likely N-dealkylation sites (tertiary alicyclic amines) is 1. The zero-order valence-corrected chi connectivity index (χ0v) is 18.0. The van der Waals surface area contributed by atoms with Crippen LogP contribution in [0.3, 0.4) is 0 Å². The quantitative estimate of drug-likeness (QED) is 0.695. The summed E-state index contributed by atoms with van der Waals surface area (Å²) in [5.41, 5.74) is 2.88. The molecule has 168 valence electrons. The number of nitrogens with one attached hydrogen (secondary N) is 2. The lowest BCUT2D eigenvalue weighted by molar-refractivity contribution is -0.128. The molecule has 3 amide bonds. The molecule has 0 aromatic heterocycles. The first-order valence-corrected chi connectivity index (χ1v) is 10.9. The summed E-state index contributed by atoms with van der Waals surface area (Å²) in [4.78, 5) is 40.4. The van der Waals surface area contributed by atoms with Crippen LogP contribution in [0.25, 0.3) is 0 Å². The van der Waals surface area contributed by atoms with Gasteiger partial charge in [-0.05, 0) is 48.4 Å². The number of amides is 3. The third kappa shape index (κ3) is 5.93. The van der Waals surface area contributed by atoms with Gasteiger partial charge in [-0.3, -0.25) is 19.3 Å². The number of benzene rings is 2. The molecule has 2 fully saturated rings. The van der Waals surface area contributed by atoms with Crippen molar-refractivity contribution in [1.29, 1.82) is 0 Å². The van der Waals surface area contributed by atoms with Crippen LogP contribution < -0.4 is 10.6 Å². The van der Waals surface area contributed by atoms with E-state index in [0.717, 1.165) is 31.6 Å². The van der Waals surface area contributed by atoms with Crippen LogP contribution in [-0.4, -0.2) is 66.9 Å². The zero-order valence-electron chi connectivity index (χ0n) is 18.0. The second-order valence-corrected chi connectivity index (χ2v) is 8.08. The molecule has 2 N–H and O–H groups in total. The number of carbonyl (C=O) groups excluding carboxylic acids is 3. The minimum absolute atomic E-state index is 0.0700. The van der Waals surface area contributed by atoms with Gasteiger partial charge in [0.15, 0.2) is 0 Å². The minimum Gasteiger partial charge on any atom is -0.379 e. The molecule has 0 aliphatic carbocycles. The number of ether oxygens (including phenoxy) is 1. The maximum absolute atomic E-state index is 12.5. The maximum atomic E-state index is 12.5. The molecule has 8 nitrogen and oxygen atoms in total. The third-order valence-electron chi connectivity index (χ3n) is 5.66. The molecule has 2 aromatic rings. The smallest absolute Gasteiger partial charge is 0.255 e. The van der Waals surface area contributed by atoms with Crippen molar-refractivity contribution in [1.82, 2.24) is 9.80 Å². The normalized spacial score (nSPS) is 16.8. The summed E-state index contributed by atoms with van der Waals surface area (Å²) in [6.07, 6.45) is 1.53. The topological polar surface area (TPSA) is 91.0 Å². The Morgan fingerprint density at radius 1 is 0.875 bits per heavy atom. The SMILES string of the molecule is O=C(CN1CCOCC1)Nc1ccc(NC(=O)c2ccc(CN3CCCC3=O)cc2)cc1. The Kier molecular flexibility index (Phi) is 7.14. The van der Waals surface area contributed by atoms with Crippen LogP contribution in [0.2, 0.25) is 0 Å². The number of morpholine rings is 1. The number of carbonyl (C=O) groups is 3. The maximum Gasteiger partial charge on any atom is 0.255 e. The first-order valence-electron chi connectivity index (χ1n) is 10.9. The third-order valence-corrected chi connectivity index (χ3v) is 5.66. The van der Waals surface area contributed by atoms with Gasteiger partial charge < -0.3 is 20.3 Å². The number of hydrogen-bond donors (Lipinski definition) is 2. The molecule has 2 heterocycles. The molecule has 32 heavy (non-hydrogen) atoms. The fourth-order valence-electron chi connectivity index (χ4n) is 3.86. The van der Waals surface area contributed by atoms with E-state index >= 15 is 0 Å². The van der Waals surface area contributed by atoms with Gasteiger partial charge in [-0.15, -0.1) is 0 Å².